The van der Waals surface area contributed by atoms with Crippen LogP contribution in [0, 0.1) is 12.3 Å². The van der Waals surface area contributed by atoms with Crippen molar-refractivity contribution in [2.45, 2.75) is 39.0 Å². The quantitative estimate of drug-likeness (QED) is 0.821. The number of hydrogen-bond donors (Lipinski definition) is 1. The SMILES string of the molecule is Cc1ccc(C(=O)C2(CN)CCCCC2)s1. The summed E-state index contributed by atoms with van der Waals surface area (Å²) in [5.41, 5.74) is 5.61. The molecule has 88 valence electrons. The van der Waals surface area contributed by atoms with Gasteiger partial charge in [0.1, 0.15) is 0 Å². The highest BCUT2D eigenvalue weighted by molar-refractivity contribution is 7.14. The van der Waals surface area contributed by atoms with Gasteiger partial charge in [-0.2, -0.15) is 0 Å². The summed E-state index contributed by atoms with van der Waals surface area (Å²) in [6, 6.07) is 3.97. The van der Waals surface area contributed by atoms with E-state index < -0.39 is 0 Å². The lowest BCUT2D eigenvalue weighted by Crippen LogP contribution is -2.40. The summed E-state index contributed by atoms with van der Waals surface area (Å²) in [4.78, 5) is 14.6. The van der Waals surface area contributed by atoms with Crippen molar-refractivity contribution in [3.05, 3.63) is 21.9 Å². The van der Waals surface area contributed by atoms with Gasteiger partial charge in [0.05, 0.1) is 4.88 Å². The number of nitrogens with two attached hydrogens (primary N) is 1. The summed E-state index contributed by atoms with van der Waals surface area (Å²) < 4.78 is 0. The van der Waals surface area contributed by atoms with Crippen molar-refractivity contribution in [2.24, 2.45) is 11.1 Å². The number of thiophene rings is 1. The minimum atomic E-state index is -0.254. The molecule has 3 heteroatoms. The fourth-order valence-corrected chi connectivity index (χ4v) is 3.50. The molecule has 0 radical (unpaired) electrons. The van der Waals surface area contributed by atoms with Crippen LogP contribution in [0.1, 0.15) is 46.7 Å². The third-order valence-electron chi connectivity index (χ3n) is 3.65. The first-order chi connectivity index (χ1) is 7.68. The molecule has 0 saturated heterocycles. The Morgan fingerprint density at radius 2 is 2.06 bits per heavy atom. The van der Waals surface area contributed by atoms with Crippen LogP contribution in [0.4, 0.5) is 0 Å². The Hall–Kier alpha value is -0.670. The smallest absolute Gasteiger partial charge is 0.180 e. The number of carbonyl (C=O) groups is 1. The van der Waals surface area contributed by atoms with Gasteiger partial charge in [-0.05, 0) is 31.9 Å². The van der Waals surface area contributed by atoms with Crippen molar-refractivity contribution in [1.82, 2.24) is 0 Å². The molecule has 0 aliphatic heterocycles. The van der Waals surface area contributed by atoms with E-state index in [-0.39, 0.29) is 11.2 Å². The molecule has 2 nitrogen and oxygen atoms in total. The third-order valence-corrected chi connectivity index (χ3v) is 4.65. The first-order valence-electron chi connectivity index (χ1n) is 5.99. The van der Waals surface area contributed by atoms with E-state index in [0.29, 0.717) is 6.54 Å². The van der Waals surface area contributed by atoms with Crippen molar-refractivity contribution in [3.63, 3.8) is 0 Å². The van der Waals surface area contributed by atoms with E-state index >= 15 is 0 Å². The van der Waals surface area contributed by atoms with Crippen molar-refractivity contribution < 1.29 is 4.79 Å². The van der Waals surface area contributed by atoms with Crippen LogP contribution in [-0.4, -0.2) is 12.3 Å². The van der Waals surface area contributed by atoms with Crippen LogP contribution in [0.2, 0.25) is 0 Å². The molecule has 1 aromatic rings. The predicted octanol–water partition coefficient (Wildman–Crippen LogP) is 3.15. The van der Waals surface area contributed by atoms with E-state index in [4.69, 9.17) is 5.73 Å². The molecule has 0 bridgehead atoms. The van der Waals surface area contributed by atoms with Gasteiger partial charge in [0, 0.05) is 16.8 Å². The number of carbonyl (C=O) groups excluding carboxylic acids is 1. The lowest BCUT2D eigenvalue weighted by atomic mass is 9.71. The third kappa shape index (κ3) is 2.06. The zero-order chi connectivity index (χ0) is 11.6. The van der Waals surface area contributed by atoms with Crippen LogP contribution < -0.4 is 5.73 Å². The number of Topliss-reactive ketones (excluding diaryl/α,β-unsaturated/α-hetero) is 1. The number of aryl methyl sites for hydroxylation is 1. The molecule has 1 aliphatic rings. The predicted molar refractivity (Wildman–Crippen MR) is 68.0 cm³/mol. The molecular weight excluding hydrogens is 218 g/mol. The second-order valence-corrected chi connectivity index (χ2v) is 6.07. The van der Waals surface area contributed by atoms with Crippen LogP contribution in [0.15, 0.2) is 12.1 Å². The molecular formula is C13H19NOS. The molecule has 0 amide bonds. The average Bonchev–Trinajstić information content (AvgIpc) is 2.76. The van der Waals surface area contributed by atoms with Gasteiger partial charge in [-0.3, -0.25) is 4.79 Å². The van der Waals surface area contributed by atoms with Gasteiger partial charge in [-0.15, -0.1) is 11.3 Å². The average molecular weight is 237 g/mol. The summed E-state index contributed by atoms with van der Waals surface area (Å²) in [5.74, 6) is 0.285. The van der Waals surface area contributed by atoms with Crippen molar-refractivity contribution in [1.29, 1.82) is 0 Å². The highest BCUT2D eigenvalue weighted by Crippen LogP contribution is 2.39. The fourth-order valence-electron chi connectivity index (χ4n) is 2.57. The maximum absolute atomic E-state index is 12.5. The minimum Gasteiger partial charge on any atom is -0.329 e. The van der Waals surface area contributed by atoms with E-state index in [1.165, 1.54) is 11.3 Å². The van der Waals surface area contributed by atoms with Gasteiger partial charge in [0.25, 0.3) is 0 Å². The van der Waals surface area contributed by atoms with Crippen LogP contribution in [0.25, 0.3) is 0 Å². The van der Waals surface area contributed by atoms with Gasteiger partial charge in [0.2, 0.25) is 0 Å². The zero-order valence-electron chi connectivity index (χ0n) is 9.79. The molecule has 0 aromatic carbocycles. The van der Waals surface area contributed by atoms with Gasteiger partial charge >= 0.3 is 0 Å². The summed E-state index contributed by atoms with van der Waals surface area (Å²) >= 11 is 1.60. The van der Waals surface area contributed by atoms with Crippen LogP contribution in [-0.2, 0) is 0 Å². The minimum absolute atomic E-state index is 0.254. The van der Waals surface area contributed by atoms with Gasteiger partial charge in [0.15, 0.2) is 5.78 Å². The molecule has 16 heavy (non-hydrogen) atoms. The Labute approximate surface area is 101 Å². The van der Waals surface area contributed by atoms with E-state index in [1.54, 1.807) is 11.3 Å². The molecule has 1 aliphatic carbocycles. The summed E-state index contributed by atoms with van der Waals surface area (Å²) in [6.07, 6.45) is 5.48. The lowest BCUT2D eigenvalue weighted by Gasteiger charge is -2.34. The lowest BCUT2D eigenvalue weighted by molar-refractivity contribution is 0.0734. The summed E-state index contributed by atoms with van der Waals surface area (Å²) in [6.45, 7) is 2.54. The topological polar surface area (TPSA) is 43.1 Å². The summed E-state index contributed by atoms with van der Waals surface area (Å²) in [7, 11) is 0. The van der Waals surface area contributed by atoms with Crippen molar-refractivity contribution in [2.75, 3.05) is 6.54 Å². The van der Waals surface area contributed by atoms with E-state index in [9.17, 15) is 4.79 Å². The Morgan fingerprint density at radius 3 is 2.56 bits per heavy atom. The molecule has 0 unspecified atom stereocenters. The molecule has 1 fully saturated rings. The molecule has 2 rings (SSSR count). The van der Waals surface area contributed by atoms with Crippen molar-refractivity contribution in [3.8, 4) is 0 Å². The second-order valence-electron chi connectivity index (χ2n) is 4.78. The Morgan fingerprint density at radius 1 is 1.38 bits per heavy atom. The molecule has 2 N–H and O–H groups in total. The van der Waals surface area contributed by atoms with Gasteiger partial charge in [-0.25, -0.2) is 0 Å². The Bertz CT molecular complexity index is 377. The van der Waals surface area contributed by atoms with E-state index in [2.05, 4.69) is 0 Å². The molecule has 1 aromatic heterocycles. The maximum atomic E-state index is 12.5. The first-order valence-corrected chi connectivity index (χ1v) is 6.81. The maximum Gasteiger partial charge on any atom is 0.180 e. The monoisotopic (exact) mass is 237 g/mol. The standard InChI is InChI=1S/C13H19NOS/c1-10-5-6-11(16-10)12(15)13(9-14)7-3-2-4-8-13/h5-6H,2-4,7-9,14H2,1H3. The molecule has 1 saturated carbocycles. The van der Waals surface area contributed by atoms with E-state index in [1.807, 2.05) is 19.1 Å². The first kappa shape index (κ1) is 11.8. The summed E-state index contributed by atoms with van der Waals surface area (Å²) in [5, 5.41) is 0. The van der Waals surface area contributed by atoms with E-state index in [0.717, 1.165) is 30.6 Å². The van der Waals surface area contributed by atoms with Crippen LogP contribution in [0.5, 0.6) is 0 Å². The molecule has 1 heterocycles. The fraction of sp³-hybridized carbons (Fsp3) is 0.615. The second kappa shape index (κ2) is 4.68. The van der Waals surface area contributed by atoms with Crippen LogP contribution in [0.3, 0.4) is 0 Å². The Balaban J connectivity index is 2.24. The largest absolute Gasteiger partial charge is 0.329 e. The van der Waals surface area contributed by atoms with Crippen molar-refractivity contribution >= 4 is 17.1 Å². The van der Waals surface area contributed by atoms with Crippen LogP contribution >= 0.6 is 11.3 Å². The molecule has 0 atom stereocenters. The zero-order valence-corrected chi connectivity index (χ0v) is 10.6. The number of hydrogen-bond acceptors (Lipinski definition) is 3. The van der Waals surface area contributed by atoms with Gasteiger partial charge in [-0.1, -0.05) is 19.3 Å². The number of rotatable bonds is 3. The normalized spacial score (nSPS) is 19.6. The van der Waals surface area contributed by atoms with Gasteiger partial charge < -0.3 is 5.73 Å². The highest BCUT2D eigenvalue weighted by atomic mass is 32.1. The molecule has 0 spiro atoms. The number of ketones is 1. The Kier molecular flexibility index (Phi) is 3.45. The highest BCUT2D eigenvalue weighted by Gasteiger charge is 2.38.